The summed E-state index contributed by atoms with van der Waals surface area (Å²) in [6.07, 6.45) is 3.96. The first-order chi connectivity index (χ1) is 6.47. The predicted molar refractivity (Wildman–Crippen MR) is 66.3 cm³/mol. The van der Waals surface area contributed by atoms with E-state index in [1.54, 1.807) is 0 Å². The molecular weight excluding hydrogens is 190 g/mol. The summed E-state index contributed by atoms with van der Waals surface area (Å²) in [7, 11) is 0. The molecule has 14 heavy (non-hydrogen) atoms. The Morgan fingerprint density at radius 2 is 1.79 bits per heavy atom. The molecule has 0 amide bonds. The molecule has 2 rings (SSSR count). The van der Waals surface area contributed by atoms with Gasteiger partial charge in [-0.05, 0) is 43.8 Å². The molecule has 0 radical (unpaired) electrons. The van der Waals surface area contributed by atoms with E-state index in [1.807, 2.05) is 0 Å². The number of hydrogen-bond acceptors (Lipinski definition) is 1. The van der Waals surface area contributed by atoms with E-state index in [0.717, 1.165) is 5.92 Å². The van der Waals surface area contributed by atoms with Crippen molar-refractivity contribution in [1.29, 1.82) is 0 Å². The van der Waals surface area contributed by atoms with E-state index in [2.05, 4.69) is 35.6 Å². The summed E-state index contributed by atoms with van der Waals surface area (Å²) in [5.41, 5.74) is 1.52. The van der Waals surface area contributed by atoms with Gasteiger partial charge >= 0.3 is 0 Å². The first-order valence-electron chi connectivity index (χ1n) is 5.22. The van der Waals surface area contributed by atoms with Crippen LogP contribution in [0.5, 0.6) is 0 Å². The highest BCUT2D eigenvalue weighted by atomic mass is 32.1. The number of hydrogen-bond donors (Lipinski definition) is 1. The zero-order valence-corrected chi connectivity index (χ0v) is 9.50. The Morgan fingerprint density at radius 3 is 2.57 bits per heavy atom. The van der Waals surface area contributed by atoms with Gasteiger partial charge in [0.25, 0.3) is 0 Å². The van der Waals surface area contributed by atoms with Crippen LogP contribution in [0.1, 0.15) is 30.7 Å². The fraction of sp³-hybridized carbons (Fsp3) is 0.500. The van der Waals surface area contributed by atoms with Crippen molar-refractivity contribution in [1.82, 2.24) is 5.32 Å². The van der Waals surface area contributed by atoms with Gasteiger partial charge in [0.15, 0.2) is 0 Å². The van der Waals surface area contributed by atoms with E-state index < -0.39 is 0 Å². The molecular formula is C12H19NS. The molecule has 0 bridgehead atoms. The molecule has 1 heterocycles. The Labute approximate surface area is 93.4 Å². The molecule has 0 aliphatic carbocycles. The van der Waals surface area contributed by atoms with E-state index in [-0.39, 0.29) is 13.5 Å². The summed E-state index contributed by atoms with van der Waals surface area (Å²) in [6, 6.07) is 10.9. The Bertz CT molecular complexity index is 240. The number of benzene rings is 1. The van der Waals surface area contributed by atoms with Crippen LogP contribution in [0.3, 0.4) is 0 Å². The Hall–Kier alpha value is -0.470. The van der Waals surface area contributed by atoms with Crippen LogP contribution < -0.4 is 5.32 Å². The van der Waals surface area contributed by atoms with Crippen LogP contribution >= 0.6 is 13.5 Å². The van der Waals surface area contributed by atoms with E-state index in [1.165, 1.54) is 37.9 Å². The highest BCUT2D eigenvalue weighted by Gasteiger charge is 2.12. The zero-order valence-electron chi connectivity index (χ0n) is 8.50. The molecule has 2 heteroatoms. The van der Waals surface area contributed by atoms with Crippen molar-refractivity contribution in [2.24, 2.45) is 0 Å². The summed E-state index contributed by atoms with van der Waals surface area (Å²) < 4.78 is 0. The minimum absolute atomic E-state index is 0. The second-order valence-corrected chi connectivity index (χ2v) is 3.79. The van der Waals surface area contributed by atoms with Crippen LogP contribution in [0.2, 0.25) is 0 Å². The van der Waals surface area contributed by atoms with Gasteiger partial charge < -0.3 is 5.32 Å². The molecule has 1 aromatic carbocycles. The van der Waals surface area contributed by atoms with Crippen molar-refractivity contribution < 1.29 is 0 Å². The Kier molecular flexibility index (Phi) is 5.05. The van der Waals surface area contributed by atoms with E-state index >= 15 is 0 Å². The molecule has 1 nitrogen and oxygen atoms in total. The molecule has 1 saturated heterocycles. The van der Waals surface area contributed by atoms with Crippen LogP contribution in [0.25, 0.3) is 0 Å². The Morgan fingerprint density at radius 1 is 1.00 bits per heavy atom. The summed E-state index contributed by atoms with van der Waals surface area (Å²) in [6.45, 7) is 2.38. The van der Waals surface area contributed by atoms with Crippen molar-refractivity contribution in [3.63, 3.8) is 0 Å². The van der Waals surface area contributed by atoms with Crippen LogP contribution in [0, 0.1) is 0 Å². The SMILES string of the molecule is S.c1ccc(C2CCCNCC2)cc1. The second kappa shape index (κ2) is 6.10. The molecule has 0 saturated carbocycles. The first kappa shape index (κ1) is 11.6. The highest BCUT2D eigenvalue weighted by Crippen LogP contribution is 2.25. The third-order valence-corrected chi connectivity index (χ3v) is 2.85. The van der Waals surface area contributed by atoms with Gasteiger partial charge in [0, 0.05) is 0 Å². The molecule has 1 fully saturated rings. The quantitative estimate of drug-likeness (QED) is 0.750. The van der Waals surface area contributed by atoms with Crippen molar-refractivity contribution >= 4 is 13.5 Å². The minimum atomic E-state index is 0. The largest absolute Gasteiger partial charge is 0.317 e. The molecule has 0 spiro atoms. The van der Waals surface area contributed by atoms with Crippen molar-refractivity contribution in [2.45, 2.75) is 25.2 Å². The van der Waals surface area contributed by atoms with Crippen LogP contribution in [0.4, 0.5) is 0 Å². The normalized spacial score (nSPS) is 22.1. The van der Waals surface area contributed by atoms with Gasteiger partial charge in [0.2, 0.25) is 0 Å². The number of nitrogens with one attached hydrogen (secondary N) is 1. The minimum Gasteiger partial charge on any atom is -0.317 e. The molecule has 78 valence electrons. The van der Waals surface area contributed by atoms with Gasteiger partial charge in [-0.2, -0.15) is 13.5 Å². The first-order valence-corrected chi connectivity index (χ1v) is 5.22. The lowest BCUT2D eigenvalue weighted by Gasteiger charge is -2.13. The molecule has 0 aromatic heterocycles. The predicted octanol–water partition coefficient (Wildman–Crippen LogP) is 2.66. The fourth-order valence-electron chi connectivity index (χ4n) is 2.08. The number of rotatable bonds is 1. The highest BCUT2D eigenvalue weighted by molar-refractivity contribution is 7.59. The van der Waals surface area contributed by atoms with Crippen LogP contribution in [0.15, 0.2) is 30.3 Å². The lowest BCUT2D eigenvalue weighted by molar-refractivity contribution is 0.609. The Balaban J connectivity index is 0.000000980. The lowest BCUT2D eigenvalue weighted by atomic mass is 9.92. The van der Waals surface area contributed by atoms with E-state index in [9.17, 15) is 0 Å². The average molecular weight is 209 g/mol. The van der Waals surface area contributed by atoms with E-state index in [0.29, 0.717) is 0 Å². The summed E-state index contributed by atoms with van der Waals surface area (Å²) in [4.78, 5) is 0. The second-order valence-electron chi connectivity index (χ2n) is 3.79. The third-order valence-electron chi connectivity index (χ3n) is 2.85. The standard InChI is InChI=1S/C12H17N.H2S/c1-2-5-11(6-3-1)12-7-4-9-13-10-8-12;/h1-3,5-6,12-13H,4,7-10H2;1H2. The summed E-state index contributed by atoms with van der Waals surface area (Å²) in [5, 5.41) is 3.45. The third kappa shape index (κ3) is 3.03. The molecule has 1 atom stereocenters. The topological polar surface area (TPSA) is 12.0 Å². The smallest absolute Gasteiger partial charge is 0.00431 e. The monoisotopic (exact) mass is 209 g/mol. The van der Waals surface area contributed by atoms with Gasteiger partial charge in [-0.3, -0.25) is 0 Å². The molecule has 1 N–H and O–H groups in total. The maximum Gasteiger partial charge on any atom is -0.00431 e. The fourth-order valence-corrected chi connectivity index (χ4v) is 2.08. The zero-order chi connectivity index (χ0) is 8.93. The molecule has 1 aromatic rings. The average Bonchev–Trinajstić information content (AvgIpc) is 2.47. The van der Waals surface area contributed by atoms with Gasteiger partial charge in [-0.15, -0.1) is 0 Å². The molecule has 1 aliphatic rings. The van der Waals surface area contributed by atoms with Crippen molar-refractivity contribution in [2.75, 3.05) is 13.1 Å². The van der Waals surface area contributed by atoms with Gasteiger partial charge in [0.05, 0.1) is 0 Å². The van der Waals surface area contributed by atoms with Gasteiger partial charge in [-0.25, -0.2) is 0 Å². The van der Waals surface area contributed by atoms with Gasteiger partial charge in [0.1, 0.15) is 0 Å². The maximum atomic E-state index is 3.45. The van der Waals surface area contributed by atoms with E-state index in [4.69, 9.17) is 0 Å². The molecule has 1 unspecified atom stereocenters. The maximum absolute atomic E-state index is 3.45. The van der Waals surface area contributed by atoms with Crippen molar-refractivity contribution in [3.8, 4) is 0 Å². The van der Waals surface area contributed by atoms with Crippen LogP contribution in [-0.2, 0) is 0 Å². The van der Waals surface area contributed by atoms with Crippen LogP contribution in [-0.4, -0.2) is 13.1 Å². The lowest BCUT2D eigenvalue weighted by Crippen LogP contribution is -2.13. The summed E-state index contributed by atoms with van der Waals surface area (Å²) >= 11 is 0. The summed E-state index contributed by atoms with van der Waals surface area (Å²) in [5.74, 6) is 0.788. The molecule has 1 aliphatic heterocycles. The van der Waals surface area contributed by atoms with Crippen molar-refractivity contribution in [3.05, 3.63) is 35.9 Å². The van der Waals surface area contributed by atoms with Gasteiger partial charge in [-0.1, -0.05) is 30.3 Å².